The number of piperidine rings is 1. The van der Waals surface area contributed by atoms with Crippen LogP contribution in [-0.4, -0.2) is 31.3 Å². The Morgan fingerprint density at radius 2 is 1.67 bits per heavy atom. The van der Waals surface area contributed by atoms with Crippen molar-refractivity contribution in [1.82, 2.24) is 4.90 Å². The van der Waals surface area contributed by atoms with E-state index in [1.54, 1.807) is 11.0 Å². The molecule has 1 amide bonds. The van der Waals surface area contributed by atoms with E-state index in [0.29, 0.717) is 0 Å². The predicted molar refractivity (Wildman–Crippen MR) is 108 cm³/mol. The fourth-order valence-electron chi connectivity index (χ4n) is 3.74. The minimum atomic E-state index is -4.59. The molecule has 1 fully saturated rings. The molecule has 1 aliphatic rings. The maximum absolute atomic E-state index is 13.0. The van der Waals surface area contributed by atoms with Gasteiger partial charge < -0.3 is 4.90 Å². The molecule has 3 rings (SSSR count). The summed E-state index contributed by atoms with van der Waals surface area (Å²) in [7, 11) is -4.18. The molecular formula is C21H23F3N2O3S. The first kappa shape index (κ1) is 22.1. The third kappa shape index (κ3) is 4.77. The molecule has 30 heavy (non-hydrogen) atoms. The van der Waals surface area contributed by atoms with Gasteiger partial charge >= 0.3 is 6.18 Å². The summed E-state index contributed by atoms with van der Waals surface area (Å²) in [4.78, 5) is 14.6. The minimum Gasteiger partial charge on any atom is -0.333 e. The van der Waals surface area contributed by atoms with Crippen LogP contribution >= 0.6 is 0 Å². The van der Waals surface area contributed by atoms with E-state index in [0.717, 1.165) is 37.5 Å². The first-order valence-electron chi connectivity index (χ1n) is 9.62. The van der Waals surface area contributed by atoms with Gasteiger partial charge in [-0.05, 0) is 69.5 Å². The number of carbonyl (C=O) groups is 1. The van der Waals surface area contributed by atoms with Crippen LogP contribution in [0.15, 0.2) is 53.4 Å². The first-order valence-corrected chi connectivity index (χ1v) is 11.1. The number of sulfonamides is 1. The van der Waals surface area contributed by atoms with Crippen molar-refractivity contribution in [1.29, 1.82) is 0 Å². The van der Waals surface area contributed by atoms with E-state index in [4.69, 9.17) is 0 Å². The number of anilines is 1. The maximum atomic E-state index is 13.0. The Labute approximate surface area is 173 Å². The van der Waals surface area contributed by atoms with Gasteiger partial charge in [-0.2, -0.15) is 13.2 Å². The van der Waals surface area contributed by atoms with E-state index in [9.17, 15) is 26.4 Å². The van der Waals surface area contributed by atoms with Gasteiger partial charge in [-0.3, -0.25) is 9.52 Å². The second-order valence-corrected chi connectivity index (χ2v) is 9.24. The summed E-state index contributed by atoms with van der Waals surface area (Å²) in [6.07, 6.45) is -1.80. The van der Waals surface area contributed by atoms with Crippen molar-refractivity contribution < 1.29 is 26.4 Å². The lowest BCUT2D eigenvalue weighted by molar-refractivity contribution is -0.137. The number of nitrogens with zero attached hydrogens (tertiary/aromatic N) is 1. The van der Waals surface area contributed by atoms with Crippen molar-refractivity contribution in [3.63, 3.8) is 0 Å². The summed E-state index contributed by atoms with van der Waals surface area (Å²) in [6.45, 7) is 3.92. The minimum absolute atomic E-state index is 0.0461. The van der Waals surface area contributed by atoms with Crippen LogP contribution < -0.4 is 4.72 Å². The highest BCUT2D eigenvalue weighted by atomic mass is 32.2. The Bertz CT molecular complexity index is 1030. The molecule has 1 N–H and O–H groups in total. The Morgan fingerprint density at radius 1 is 1.03 bits per heavy atom. The van der Waals surface area contributed by atoms with Crippen LogP contribution in [0.25, 0.3) is 0 Å². The molecule has 0 aliphatic carbocycles. The van der Waals surface area contributed by atoms with Gasteiger partial charge in [-0.1, -0.05) is 12.1 Å². The van der Waals surface area contributed by atoms with Crippen molar-refractivity contribution in [2.24, 2.45) is 0 Å². The highest BCUT2D eigenvalue weighted by Crippen LogP contribution is 2.31. The van der Waals surface area contributed by atoms with Crippen LogP contribution in [0, 0.1) is 0 Å². The zero-order valence-corrected chi connectivity index (χ0v) is 17.4. The second kappa shape index (κ2) is 8.29. The molecule has 1 heterocycles. The van der Waals surface area contributed by atoms with Crippen LogP contribution in [0.5, 0.6) is 0 Å². The Kier molecular flexibility index (Phi) is 6.12. The zero-order chi connectivity index (χ0) is 22.1. The number of halogens is 3. The molecule has 1 saturated heterocycles. The third-order valence-corrected chi connectivity index (χ3v) is 6.64. The van der Waals surface area contributed by atoms with Crippen LogP contribution in [0.3, 0.4) is 0 Å². The lowest BCUT2D eigenvalue weighted by Gasteiger charge is -2.39. The smallest absolute Gasteiger partial charge is 0.333 e. The number of hydrogen-bond acceptors (Lipinski definition) is 3. The quantitative estimate of drug-likeness (QED) is 0.735. The van der Waals surface area contributed by atoms with Gasteiger partial charge in [0.1, 0.15) is 0 Å². The van der Waals surface area contributed by atoms with Gasteiger partial charge in [0.25, 0.3) is 15.9 Å². The van der Waals surface area contributed by atoms with E-state index in [2.05, 4.69) is 4.72 Å². The molecule has 0 aromatic heterocycles. The van der Waals surface area contributed by atoms with E-state index < -0.39 is 21.8 Å². The highest BCUT2D eigenvalue weighted by molar-refractivity contribution is 7.92. The lowest BCUT2D eigenvalue weighted by Crippen LogP contribution is -2.47. The molecule has 0 radical (unpaired) electrons. The van der Waals surface area contributed by atoms with Gasteiger partial charge in [0.2, 0.25) is 0 Å². The fourth-order valence-corrected chi connectivity index (χ4v) is 4.84. The number of likely N-dealkylation sites (tertiary alicyclic amines) is 1. The van der Waals surface area contributed by atoms with Crippen molar-refractivity contribution in [3.8, 4) is 0 Å². The average Bonchev–Trinajstić information content (AvgIpc) is 2.67. The third-order valence-electron chi connectivity index (χ3n) is 5.26. The fraction of sp³-hybridized carbons (Fsp3) is 0.381. The predicted octanol–water partition coefficient (Wildman–Crippen LogP) is 4.91. The number of alkyl halides is 3. The number of benzene rings is 2. The Morgan fingerprint density at radius 3 is 2.30 bits per heavy atom. The van der Waals surface area contributed by atoms with Gasteiger partial charge in [0.05, 0.1) is 10.5 Å². The second-order valence-electron chi connectivity index (χ2n) is 7.55. The number of nitrogens with one attached hydrogen (secondary N) is 1. The molecule has 9 heteroatoms. The summed E-state index contributed by atoms with van der Waals surface area (Å²) in [5, 5.41) is 0. The molecule has 5 nitrogen and oxygen atoms in total. The van der Waals surface area contributed by atoms with Gasteiger partial charge in [0.15, 0.2) is 0 Å². The summed E-state index contributed by atoms with van der Waals surface area (Å²) in [5.74, 6) is -0.259. The summed E-state index contributed by atoms with van der Waals surface area (Å²) in [6, 6.07) is 9.59. The first-order chi connectivity index (χ1) is 14.0. The summed E-state index contributed by atoms with van der Waals surface area (Å²) < 4.78 is 66.3. The normalized spacial score (nSPS) is 20.1. The number of amides is 1. The number of carbonyl (C=O) groups excluding carboxylic acids is 1. The van der Waals surface area contributed by atoms with Crippen LogP contribution in [0.2, 0.25) is 0 Å². The maximum Gasteiger partial charge on any atom is 0.416 e. The van der Waals surface area contributed by atoms with E-state index in [1.807, 2.05) is 13.8 Å². The highest BCUT2D eigenvalue weighted by Gasteiger charge is 2.32. The van der Waals surface area contributed by atoms with Crippen molar-refractivity contribution in [2.75, 3.05) is 4.72 Å². The molecule has 2 atom stereocenters. The number of rotatable bonds is 4. The molecule has 1 aliphatic heterocycles. The Balaban J connectivity index is 1.87. The molecule has 2 aromatic carbocycles. The summed E-state index contributed by atoms with van der Waals surface area (Å²) in [5.41, 5.74) is -0.943. The summed E-state index contributed by atoms with van der Waals surface area (Å²) >= 11 is 0. The van der Waals surface area contributed by atoms with Crippen LogP contribution in [-0.2, 0) is 16.2 Å². The SMILES string of the molecule is C[C@@H]1CCC[C@H](C)N1C(=O)c1cccc(S(=O)(=O)Nc2cccc(C(F)(F)F)c2)c1. The van der Waals surface area contributed by atoms with E-state index >= 15 is 0 Å². The van der Waals surface area contributed by atoms with Crippen molar-refractivity contribution >= 4 is 21.6 Å². The topological polar surface area (TPSA) is 66.5 Å². The van der Waals surface area contributed by atoms with Crippen LogP contribution in [0.4, 0.5) is 18.9 Å². The molecule has 0 unspecified atom stereocenters. The molecule has 162 valence electrons. The Hall–Kier alpha value is -2.55. The van der Waals surface area contributed by atoms with Gasteiger partial charge in [-0.15, -0.1) is 0 Å². The largest absolute Gasteiger partial charge is 0.416 e. The standard InChI is InChI=1S/C21H23F3N2O3S/c1-14-6-3-7-15(2)26(14)20(27)16-8-4-11-19(12-16)30(28,29)25-18-10-5-9-17(13-18)21(22,23)24/h4-5,8-15,25H,3,6-7H2,1-2H3/t14-,15+. The molecule has 0 spiro atoms. The zero-order valence-electron chi connectivity index (χ0n) is 16.6. The molecular weight excluding hydrogens is 417 g/mol. The van der Waals surface area contributed by atoms with Crippen molar-refractivity contribution in [3.05, 3.63) is 59.7 Å². The molecule has 2 aromatic rings. The molecule has 0 bridgehead atoms. The molecule has 0 saturated carbocycles. The lowest BCUT2D eigenvalue weighted by atomic mass is 9.96. The van der Waals surface area contributed by atoms with Gasteiger partial charge in [0, 0.05) is 23.3 Å². The average molecular weight is 440 g/mol. The van der Waals surface area contributed by atoms with Crippen molar-refractivity contribution in [2.45, 2.75) is 56.3 Å². The van der Waals surface area contributed by atoms with E-state index in [-0.39, 0.29) is 34.1 Å². The van der Waals surface area contributed by atoms with Gasteiger partial charge in [-0.25, -0.2) is 8.42 Å². The van der Waals surface area contributed by atoms with Crippen LogP contribution in [0.1, 0.15) is 49.0 Å². The monoisotopic (exact) mass is 440 g/mol. The van der Waals surface area contributed by atoms with E-state index in [1.165, 1.54) is 24.3 Å². The number of hydrogen-bond donors (Lipinski definition) is 1.